The minimum Gasteiger partial charge on any atom is -0.438 e. The molecule has 0 aromatic carbocycles. The molecule has 1 aromatic rings. The molecule has 0 spiro atoms. The molecule has 4 rings (SSSR count). The number of carbonyl (C=O) groups excluding carboxylic acids is 1. The van der Waals surface area contributed by atoms with E-state index in [0.29, 0.717) is 29.6 Å². The minimum absolute atomic E-state index is 0.0353. The molecule has 3 heterocycles. The third-order valence-corrected chi connectivity index (χ3v) is 5.96. The first kappa shape index (κ1) is 13.3. The Hall–Kier alpha value is -1.36. The highest BCUT2D eigenvalue weighted by molar-refractivity contribution is 5.93. The molecule has 3 fully saturated rings. The molecule has 1 aliphatic carbocycles. The van der Waals surface area contributed by atoms with E-state index < -0.39 is 0 Å². The van der Waals surface area contributed by atoms with Crippen LogP contribution >= 0.6 is 0 Å². The van der Waals surface area contributed by atoms with Gasteiger partial charge in [0.2, 0.25) is 5.76 Å². The molecule has 1 amide bonds. The molecule has 2 bridgehead atoms. The monoisotopic (exact) mass is 289 g/mol. The summed E-state index contributed by atoms with van der Waals surface area (Å²) in [6.45, 7) is 5.12. The molecule has 5 nitrogen and oxygen atoms in total. The molecule has 2 aliphatic heterocycles. The van der Waals surface area contributed by atoms with Crippen LogP contribution in [0.4, 0.5) is 0 Å². The van der Waals surface area contributed by atoms with Gasteiger partial charge in [-0.1, -0.05) is 19.8 Å². The van der Waals surface area contributed by atoms with E-state index in [-0.39, 0.29) is 11.3 Å². The van der Waals surface area contributed by atoms with Gasteiger partial charge in [0.1, 0.15) is 0 Å². The smallest absolute Gasteiger partial charge is 0.292 e. The Morgan fingerprint density at radius 1 is 1.48 bits per heavy atom. The molecule has 0 unspecified atom stereocenters. The number of oxazole rings is 1. The zero-order chi connectivity index (χ0) is 14.6. The van der Waals surface area contributed by atoms with Crippen LogP contribution in [0.1, 0.15) is 55.3 Å². The quantitative estimate of drug-likeness (QED) is 0.860. The fraction of sp³-hybridized carbons (Fsp3) is 0.750. The van der Waals surface area contributed by atoms with Gasteiger partial charge in [-0.05, 0) is 26.2 Å². The molecular formula is C16H23N3O2. The number of nitrogens with one attached hydrogen (secondary N) is 1. The lowest BCUT2D eigenvalue weighted by Gasteiger charge is -2.39. The number of rotatable bonds is 1. The largest absolute Gasteiger partial charge is 0.438 e. The first-order chi connectivity index (χ1) is 10.1. The highest BCUT2D eigenvalue weighted by atomic mass is 16.3. The average Bonchev–Trinajstić information content (AvgIpc) is 2.93. The van der Waals surface area contributed by atoms with E-state index in [0.717, 1.165) is 19.4 Å². The van der Waals surface area contributed by atoms with Gasteiger partial charge in [-0.15, -0.1) is 0 Å². The summed E-state index contributed by atoms with van der Waals surface area (Å²) in [5.41, 5.74) is 0.910. The Morgan fingerprint density at radius 2 is 2.29 bits per heavy atom. The van der Waals surface area contributed by atoms with Crippen molar-refractivity contribution >= 4 is 5.91 Å². The van der Waals surface area contributed by atoms with Gasteiger partial charge in [0.15, 0.2) is 6.39 Å². The minimum atomic E-state index is 0.0353. The Morgan fingerprint density at radius 3 is 3.05 bits per heavy atom. The number of piperidine rings is 1. The Labute approximate surface area is 125 Å². The van der Waals surface area contributed by atoms with E-state index in [2.05, 4.69) is 22.1 Å². The number of aromatic nitrogens is 1. The molecule has 1 aromatic heterocycles. The van der Waals surface area contributed by atoms with Crippen LogP contribution in [0.5, 0.6) is 0 Å². The first-order valence-electron chi connectivity index (χ1n) is 8.07. The number of carbonyl (C=O) groups is 1. The average molecular weight is 289 g/mol. The van der Waals surface area contributed by atoms with E-state index in [1.54, 1.807) is 0 Å². The van der Waals surface area contributed by atoms with Crippen LogP contribution in [-0.2, 0) is 0 Å². The highest BCUT2D eigenvalue weighted by Crippen LogP contribution is 2.50. The van der Waals surface area contributed by atoms with E-state index in [4.69, 9.17) is 4.42 Å². The Bertz CT molecular complexity index is 570. The van der Waals surface area contributed by atoms with E-state index in [1.165, 1.54) is 25.7 Å². The van der Waals surface area contributed by atoms with Gasteiger partial charge >= 0.3 is 0 Å². The third kappa shape index (κ3) is 1.79. The predicted molar refractivity (Wildman–Crippen MR) is 78.0 cm³/mol. The van der Waals surface area contributed by atoms with Crippen LogP contribution in [0.2, 0.25) is 0 Å². The predicted octanol–water partition coefficient (Wildman–Crippen LogP) is 2.12. The van der Waals surface area contributed by atoms with E-state index >= 15 is 0 Å². The fourth-order valence-electron chi connectivity index (χ4n) is 4.89. The van der Waals surface area contributed by atoms with Crippen molar-refractivity contribution in [3.63, 3.8) is 0 Å². The second-order valence-electron chi connectivity index (χ2n) is 7.10. The number of nitrogens with zero attached hydrogens (tertiary/aromatic N) is 2. The number of fused-ring (bicyclic) bond motifs is 1. The molecule has 2 saturated heterocycles. The van der Waals surface area contributed by atoms with Crippen molar-refractivity contribution in [2.75, 3.05) is 6.54 Å². The number of likely N-dealkylation sites (tertiary alicyclic amines) is 1. The fourth-order valence-corrected chi connectivity index (χ4v) is 4.89. The maximum Gasteiger partial charge on any atom is 0.292 e. The van der Waals surface area contributed by atoms with Gasteiger partial charge in [0.05, 0.1) is 5.69 Å². The van der Waals surface area contributed by atoms with Crippen molar-refractivity contribution in [2.24, 2.45) is 5.41 Å². The topological polar surface area (TPSA) is 58.4 Å². The summed E-state index contributed by atoms with van der Waals surface area (Å²) in [6, 6.07) is 1.18. The van der Waals surface area contributed by atoms with Gasteiger partial charge < -0.3 is 14.6 Å². The Balaban J connectivity index is 1.72. The van der Waals surface area contributed by atoms with Crippen LogP contribution in [-0.4, -0.2) is 40.5 Å². The van der Waals surface area contributed by atoms with E-state index in [9.17, 15) is 4.79 Å². The number of aryl methyl sites for hydroxylation is 1. The van der Waals surface area contributed by atoms with Crippen LogP contribution < -0.4 is 5.32 Å². The molecular weight excluding hydrogens is 266 g/mol. The van der Waals surface area contributed by atoms with E-state index in [1.807, 2.05) is 6.92 Å². The lowest BCUT2D eigenvalue weighted by atomic mass is 9.72. The summed E-state index contributed by atoms with van der Waals surface area (Å²) in [5.74, 6) is 0.458. The first-order valence-corrected chi connectivity index (χ1v) is 8.07. The standard InChI is InChI=1S/C16H23N3O2/c1-10-14(21-9-18-10)15(20)19-11-7-16(2)12(17-8-11)5-3-4-6-13(16)19/h9,11-13,17H,3-8H2,1-2H3/t11-,12+,13-,16+/m0/s1. The van der Waals surface area contributed by atoms with Crippen molar-refractivity contribution in [2.45, 2.75) is 64.1 Å². The second kappa shape index (κ2) is 4.57. The third-order valence-electron chi connectivity index (χ3n) is 5.96. The number of hydrogen-bond donors (Lipinski definition) is 1. The van der Waals surface area contributed by atoms with Crippen molar-refractivity contribution in [3.05, 3.63) is 17.8 Å². The normalized spacial score (nSPS) is 38.4. The zero-order valence-corrected chi connectivity index (χ0v) is 12.8. The summed E-state index contributed by atoms with van der Waals surface area (Å²) in [4.78, 5) is 19.2. The maximum absolute atomic E-state index is 13.0. The summed E-state index contributed by atoms with van der Waals surface area (Å²) in [7, 11) is 0. The molecule has 1 N–H and O–H groups in total. The van der Waals surface area contributed by atoms with Crippen molar-refractivity contribution in [1.82, 2.24) is 15.2 Å². The summed E-state index contributed by atoms with van der Waals surface area (Å²) in [5, 5.41) is 3.70. The molecule has 0 radical (unpaired) electrons. The van der Waals surface area contributed by atoms with Gasteiger partial charge in [0, 0.05) is 30.1 Å². The molecule has 114 valence electrons. The Kier molecular flexibility index (Phi) is 2.89. The second-order valence-corrected chi connectivity index (χ2v) is 7.10. The van der Waals surface area contributed by atoms with Crippen LogP contribution in [0.25, 0.3) is 0 Å². The highest BCUT2D eigenvalue weighted by Gasteiger charge is 2.57. The van der Waals surface area contributed by atoms with Gasteiger partial charge in [-0.25, -0.2) is 4.98 Å². The zero-order valence-electron chi connectivity index (χ0n) is 12.8. The van der Waals surface area contributed by atoms with Crippen molar-refractivity contribution in [3.8, 4) is 0 Å². The summed E-state index contributed by atoms with van der Waals surface area (Å²) in [6.07, 6.45) is 7.32. The van der Waals surface area contributed by atoms with Crippen molar-refractivity contribution < 1.29 is 9.21 Å². The molecule has 21 heavy (non-hydrogen) atoms. The number of hydrogen-bond acceptors (Lipinski definition) is 4. The maximum atomic E-state index is 13.0. The summed E-state index contributed by atoms with van der Waals surface area (Å²) >= 11 is 0. The lowest BCUT2D eigenvalue weighted by Crippen LogP contribution is -2.51. The van der Waals surface area contributed by atoms with Crippen molar-refractivity contribution in [1.29, 1.82) is 0 Å². The van der Waals surface area contributed by atoms with Crippen LogP contribution in [0.3, 0.4) is 0 Å². The molecule has 5 heteroatoms. The van der Waals surface area contributed by atoms with Gasteiger partial charge in [-0.2, -0.15) is 0 Å². The SMILES string of the molecule is Cc1ncoc1C(=O)N1[C@@H]2CN[C@@H]3CCCC[C@H]1[C@]3(C)C2. The molecule has 1 saturated carbocycles. The molecule has 3 aliphatic rings. The molecule has 4 atom stereocenters. The van der Waals surface area contributed by atoms with Crippen LogP contribution in [0.15, 0.2) is 10.8 Å². The number of amides is 1. The summed E-state index contributed by atoms with van der Waals surface area (Å²) < 4.78 is 5.37. The van der Waals surface area contributed by atoms with Gasteiger partial charge in [0.25, 0.3) is 5.91 Å². The van der Waals surface area contributed by atoms with Crippen LogP contribution in [0, 0.1) is 12.3 Å². The van der Waals surface area contributed by atoms with Gasteiger partial charge in [-0.3, -0.25) is 4.79 Å². The lowest BCUT2D eigenvalue weighted by molar-refractivity contribution is 0.0595.